The Labute approximate surface area is 109 Å². The third kappa shape index (κ3) is 4.37. The van der Waals surface area contributed by atoms with Gasteiger partial charge < -0.3 is 15.8 Å². The third-order valence-corrected chi connectivity index (χ3v) is 2.93. The summed E-state index contributed by atoms with van der Waals surface area (Å²) in [7, 11) is 1.72. The standard InChI is InChI=1S/C14H22N2O2/c1-10(9-14(2,3)18-4)16-12-7-5-11(6-8-12)13(15)17/h5-8,10,16H,9H2,1-4H3,(H2,15,17). The fraction of sp³-hybridized carbons (Fsp3) is 0.500. The van der Waals surface area contributed by atoms with Crippen molar-refractivity contribution in [3.8, 4) is 0 Å². The van der Waals surface area contributed by atoms with Gasteiger partial charge >= 0.3 is 0 Å². The number of nitrogens with two attached hydrogens (primary N) is 1. The molecule has 0 aliphatic rings. The van der Waals surface area contributed by atoms with Crippen LogP contribution in [0.4, 0.5) is 5.69 Å². The lowest BCUT2D eigenvalue weighted by atomic mass is 9.99. The molecular weight excluding hydrogens is 228 g/mol. The minimum atomic E-state index is -0.407. The number of hydrogen-bond acceptors (Lipinski definition) is 3. The highest BCUT2D eigenvalue weighted by Gasteiger charge is 2.19. The molecule has 1 atom stereocenters. The average molecular weight is 250 g/mol. The lowest BCUT2D eigenvalue weighted by Crippen LogP contribution is -2.31. The summed E-state index contributed by atoms with van der Waals surface area (Å²) in [6.45, 7) is 6.21. The summed E-state index contributed by atoms with van der Waals surface area (Å²) in [5.41, 5.74) is 6.53. The van der Waals surface area contributed by atoms with Crippen molar-refractivity contribution in [2.75, 3.05) is 12.4 Å². The Kier molecular flexibility index (Phi) is 4.73. The van der Waals surface area contributed by atoms with Gasteiger partial charge in [-0.25, -0.2) is 0 Å². The molecule has 0 heterocycles. The van der Waals surface area contributed by atoms with Crippen LogP contribution in [-0.2, 0) is 4.74 Å². The number of carbonyl (C=O) groups is 1. The molecule has 0 bridgehead atoms. The van der Waals surface area contributed by atoms with E-state index in [1.807, 2.05) is 12.1 Å². The van der Waals surface area contributed by atoms with Crippen molar-refractivity contribution in [2.24, 2.45) is 5.73 Å². The first-order chi connectivity index (χ1) is 8.34. The van der Waals surface area contributed by atoms with Crippen molar-refractivity contribution in [1.29, 1.82) is 0 Å². The molecule has 4 nitrogen and oxygen atoms in total. The van der Waals surface area contributed by atoms with Gasteiger partial charge in [0.2, 0.25) is 5.91 Å². The predicted octanol–water partition coefficient (Wildman–Crippen LogP) is 2.40. The fourth-order valence-corrected chi connectivity index (χ4v) is 1.89. The number of anilines is 1. The highest BCUT2D eigenvalue weighted by atomic mass is 16.5. The molecule has 1 rings (SSSR count). The summed E-state index contributed by atoms with van der Waals surface area (Å²) in [5, 5.41) is 3.37. The Balaban J connectivity index is 2.59. The maximum Gasteiger partial charge on any atom is 0.248 e. The van der Waals surface area contributed by atoms with Gasteiger partial charge in [-0.3, -0.25) is 4.79 Å². The molecule has 0 saturated heterocycles. The van der Waals surface area contributed by atoms with E-state index in [0.717, 1.165) is 12.1 Å². The molecule has 0 aliphatic carbocycles. The molecule has 0 saturated carbocycles. The van der Waals surface area contributed by atoms with Crippen LogP contribution < -0.4 is 11.1 Å². The number of nitrogens with one attached hydrogen (secondary N) is 1. The second kappa shape index (κ2) is 5.87. The van der Waals surface area contributed by atoms with Gasteiger partial charge in [-0.05, 0) is 51.5 Å². The molecule has 0 aromatic heterocycles. The Morgan fingerprint density at radius 1 is 1.39 bits per heavy atom. The molecule has 1 amide bonds. The number of benzene rings is 1. The largest absolute Gasteiger partial charge is 0.382 e. The topological polar surface area (TPSA) is 64.3 Å². The average Bonchev–Trinajstić information content (AvgIpc) is 2.29. The second-order valence-corrected chi connectivity index (χ2v) is 5.15. The van der Waals surface area contributed by atoms with Gasteiger partial charge in [-0.1, -0.05) is 0 Å². The van der Waals surface area contributed by atoms with Gasteiger partial charge in [0.1, 0.15) is 0 Å². The van der Waals surface area contributed by atoms with Crippen LogP contribution in [0.5, 0.6) is 0 Å². The van der Waals surface area contributed by atoms with Crippen molar-refractivity contribution in [1.82, 2.24) is 0 Å². The Hall–Kier alpha value is -1.55. The van der Waals surface area contributed by atoms with Crippen LogP contribution in [0.1, 0.15) is 37.6 Å². The molecule has 1 aromatic rings. The van der Waals surface area contributed by atoms with Crippen LogP contribution in [0.25, 0.3) is 0 Å². The molecule has 0 aliphatic heterocycles. The molecule has 0 radical (unpaired) electrons. The van der Waals surface area contributed by atoms with E-state index in [9.17, 15) is 4.79 Å². The lowest BCUT2D eigenvalue weighted by molar-refractivity contribution is 0.0128. The second-order valence-electron chi connectivity index (χ2n) is 5.15. The first-order valence-electron chi connectivity index (χ1n) is 6.05. The smallest absolute Gasteiger partial charge is 0.248 e. The van der Waals surface area contributed by atoms with E-state index >= 15 is 0 Å². The van der Waals surface area contributed by atoms with Gasteiger partial charge in [-0.15, -0.1) is 0 Å². The van der Waals surface area contributed by atoms with E-state index in [1.165, 1.54) is 0 Å². The number of ether oxygens (including phenoxy) is 1. The highest BCUT2D eigenvalue weighted by molar-refractivity contribution is 5.93. The van der Waals surface area contributed by atoms with E-state index < -0.39 is 5.91 Å². The molecule has 18 heavy (non-hydrogen) atoms. The van der Waals surface area contributed by atoms with Crippen molar-refractivity contribution < 1.29 is 9.53 Å². The first-order valence-corrected chi connectivity index (χ1v) is 6.05. The van der Waals surface area contributed by atoms with Crippen LogP contribution in [0.2, 0.25) is 0 Å². The maximum atomic E-state index is 10.9. The first kappa shape index (κ1) is 14.5. The van der Waals surface area contributed by atoms with Crippen LogP contribution in [0, 0.1) is 0 Å². The zero-order valence-corrected chi connectivity index (χ0v) is 11.5. The summed E-state index contributed by atoms with van der Waals surface area (Å²) in [4.78, 5) is 10.9. The quantitative estimate of drug-likeness (QED) is 0.814. The molecule has 3 N–H and O–H groups in total. The molecule has 0 fully saturated rings. The zero-order chi connectivity index (χ0) is 13.8. The van der Waals surface area contributed by atoms with E-state index in [-0.39, 0.29) is 11.6 Å². The van der Waals surface area contributed by atoms with E-state index in [4.69, 9.17) is 10.5 Å². The number of rotatable bonds is 6. The summed E-state index contributed by atoms with van der Waals surface area (Å²) in [6, 6.07) is 7.43. The molecule has 0 spiro atoms. The van der Waals surface area contributed by atoms with Gasteiger partial charge in [0.25, 0.3) is 0 Å². The summed E-state index contributed by atoms with van der Waals surface area (Å²) >= 11 is 0. The minimum Gasteiger partial charge on any atom is -0.382 e. The Morgan fingerprint density at radius 2 is 1.94 bits per heavy atom. The van der Waals surface area contributed by atoms with Crippen LogP contribution in [0.15, 0.2) is 24.3 Å². The molecule has 100 valence electrons. The van der Waals surface area contributed by atoms with Crippen LogP contribution >= 0.6 is 0 Å². The highest BCUT2D eigenvalue weighted by Crippen LogP contribution is 2.18. The normalized spacial score (nSPS) is 13.1. The van der Waals surface area contributed by atoms with Gasteiger partial charge in [0.05, 0.1) is 5.60 Å². The molecule has 1 aromatic carbocycles. The van der Waals surface area contributed by atoms with E-state index in [1.54, 1.807) is 19.2 Å². The van der Waals surface area contributed by atoms with Crippen LogP contribution in [-0.4, -0.2) is 24.7 Å². The summed E-state index contributed by atoms with van der Waals surface area (Å²) in [6.07, 6.45) is 0.890. The van der Waals surface area contributed by atoms with Crippen molar-refractivity contribution >= 4 is 11.6 Å². The van der Waals surface area contributed by atoms with E-state index in [2.05, 4.69) is 26.1 Å². The van der Waals surface area contributed by atoms with Crippen LogP contribution in [0.3, 0.4) is 0 Å². The fourth-order valence-electron chi connectivity index (χ4n) is 1.89. The minimum absolute atomic E-state index is 0.153. The molecular formula is C14H22N2O2. The number of amides is 1. The summed E-state index contributed by atoms with van der Waals surface area (Å²) in [5.74, 6) is -0.407. The van der Waals surface area contributed by atoms with Gasteiger partial charge in [0, 0.05) is 24.4 Å². The maximum absolute atomic E-state index is 10.9. The Bertz CT molecular complexity index is 399. The van der Waals surface area contributed by atoms with Crippen molar-refractivity contribution in [3.63, 3.8) is 0 Å². The third-order valence-electron chi connectivity index (χ3n) is 2.93. The monoisotopic (exact) mass is 250 g/mol. The SMILES string of the molecule is COC(C)(C)CC(C)Nc1ccc(C(N)=O)cc1. The van der Waals surface area contributed by atoms with Crippen molar-refractivity contribution in [3.05, 3.63) is 29.8 Å². The number of carbonyl (C=O) groups excluding carboxylic acids is 1. The predicted molar refractivity (Wildman–Crippen MR) is 73.7 cm³/mol. The number of hydrogen-bond donors (Lipinski definition) is 2. The van der Waals surface area contributed by atoms with Gasteiger partial charge in [-0.2, -0.15) is 0 Å². The van der Waals surface area contributed by atoms with Crippen molar-refractivity contribution in [2.45, 2.75) is 38.8 Å². The summed E-state index contributed by atoms with van der Waals surface area (Å²) < 4.78 is 5.40. The zero-order valence-electron chi connectivity index (χ0n) is 11.5. The van der Waals surface area contributed by atoms with E-state index in [0.29, 0.717) is 5.56 Å². The molecule has 1 unspecified atom stereocenters. The molecule has 4 heteroatoms. The number of primary amides is 1. The number of methoxy groups -OCH3 is 1. The Morgan fingerprint density at radius 3 is 2.39 bits per heavy atom. The van der Waals surface area contributed by atoms with Gasteiger partial charge in [0.15, 0.2) is 0 Å². The lowest BCUT2D eigenvalue weighted by Gasteiger charge is -2.27.